The molecule has 2 aliphatic heterocycles. The Morgan fingerprint density at radius 1 is 0.747 bits per heavy atom. The van der Waals surface area contributed by atoms with Gasteiger partial charge in [0.15, 0.2) is 5.78 Å². The van der Waals surface area contributed by atoms with Gasteiger partial charge in [-0.2, -0.15) is 0 Å². The van der Waals surface area contributed by atoms with E-state index in [1.165, 1.54) is 75.7 Å². The average molecular weight is 1350 g/mol. The van der Waals surface area contributed by atoms with Crippen LogP contribution in [0.2, 0.25) is 0 Å². The summed E-state index contributed by atoms with van der Waals surface area (Å²) < 4.78 is 5.48. The second-order valence-electron chi connectivity index (χ2n) is 21.8. The van der Waals surface area contributed by atoms with Gasteiger partial charge in [-0.05, 0) is 56.2 Å². The number of aromatic nitrogens is 7. The third-order valence-electron chi connectivity index (χ3n) is 15.2. The van der Waals surface area contributed by atoms with E-state index in [0.29, 0.717) is 92.4 Å². The number of carbonyl (C=O) groups is 8. The van der Waals surface area contributed by atoms with Crippen molar-refractivity contribution in [2.24, 2.45) is 11.8 Å². The number of hydrogen-bond donors (Lipinski definition) is 7. The fraction of sp³-hybridized carbons (Fsp3) is 0.383. The number of nitrogens with zero attached hydrogens (tertiary/aromatic N) is 9. The summed E-state index contributed by atoms with van der Waals surface area (Å²) in [5, 5.41) is 51.2. The summed E-state index contributed by atoms with van der Waals surface area (Å²) in [4.78, 5) is 146. The zero-order chi connectivity index (χ0) is 64.6. The van der Waals surface area contributed by atoms with E-state index < -0.39 is 72.1 Å². The summed E-state index contributed by atoms with van der Waals surface area (Å²) >= 11 is 7.17. The molecule has 10 bridgehead atoms. The van der Waals surface area contributed by atoms with Crippen LogP contribution in [0.3, 0.4) is 0 Å². The first-order valence-electron chi connectivity index (χ1n) is 28.9. The van der Waals surface area contributed by atoms with Crippen LogP contribution in [0.25, 0.3) is 43.4 Å². The number of anilines is 1. The lowest BCUT2D eigenvalue weighted by Gasteiger charge is -2.34. The van der Waals surface area contributed by atoms with E-state index in [1.807, 2.05) is 13.8 Å². The second-order valence-corrected chi connectivity index (χ2v) is 27.6. The number of aliphatic hydroxyl groups excluding tert-OH is 1. The van der Waals surface area contributed by atoms with Crippen LogP contribution >= 0.6 is 68.0 Å². The van der Waals surface area contributed by atoms with Crippen molar-refractivity contribution >= 4 is 121 Å². The fourth-order valence-electron chi connectivity index (χ4n) is 10.3. The van der Waals surface area contributed by atoms with Crippen molar-refractivity contribution in [3.05, 3.63) is 111 Å². The topological polar surface area (TPSA) is 351 Å². The summed E-state index contributed by atoms with van der Waals surface area (Å²) in [7, 11) is 2.95. The smallest absolute Gasteiger partial charge is 0.325 e. The van der Waals surface area contributed by atoms with Crippen LogP contribution in [0.15, 0.2) is 64.0 Å². The zero-order valence-electron chi connectivity index (χ0n) is 49.8. The van der Waals surface area contributed by atoms with Gasteiger partial charge in [-0.1, -0.05) is 44.2 Å². The van der Waals surface area contributed by atoms with Crippen molar-refractivity contribution in [1.82, 2.24) is 61.1 Å². The van der Waals surface area contributed by atoms with E-state index in [2.05, 4.69) is 21.3 Å². The Balaban J connectivity index is 1.04. The summed E-state index contributed by atoms with van der Waals surface area (Å²) in [6, 6.07) is 9.74. The van der Waals surface area contributed by atoms with Crippen LogP contribution in [0.5, 0.6) is 0 Å². The Labute approximate surface area is 545 Å². The van der Waals surface area contributed by atoms with Gasteiger partial charge in [0.25, 0.3) is 11.8 Å². The lowest BCUT2D eigenvalue weighted by Crippen LogP contribution is -2.48. The molecule has 7 N–H and O–H groups in total. The van der Waals surface area contributed by atoms with Crippen LogP contribution in [0.4, 0.5) is 10.6 Å². The molecule has 476 valence electrons. The van der Waals surface area contributed by atoms with Crippen LogP contribution in [0.1, 0.15) is 145 Å². The molecule has 1 fully saturated rings. The molecule has 10 rings (SSSR count). The molecule has 25 nitrogen and oxygen atoms in total. The molecule has 91 heavy (non-hydrogen) atoms. The number of urea groups is 1. The highest BCUT2D eigenvalue weighted by molar-refractivity contribution is 7.15. The Kier molecular flexibility index (Phi) is 21.3. The summed E-state index contributed by atoms with van der Waals surface area (Å²) in [5.41, 5.74) is 2.61. The number of hydrogen-bond acceptors (Lipinski definition) is 23. The fourth-order valence-corrected chi connectivity index (χ4v) is 15.9. The van der Waals surface area contributed by atoms with E-state index >= 15 is 0 Å². The number of aliphatic hydroxyl groups is 1. The number of carbonyl (C=O) groups excluding carboxylic acids is 6. The minimum atomic E-state index is -1.30. The molecule has 0 saturated carbocycles. The number of piperidine rings is 1. The maximum Gasteiger partial charge on any atom is 0.325 e. The highest BCUT2D eigenvalue weighted by Crippen LogP contribution is 2.41. The molecule has 0 spiro atoms. The number of ether oxygens (including phenoxy) is 1. The number of amides is 6. The number of aryl methyl sites for hydroxylation is 1. The molecule has 31 heteroatoms. The van der Waals surface area contributed by atoms with Gasteiger partial charge < -0.3 is 46.2 Å². The number of carboxylic acids is 2. The van der Waals surface area contributed by atoms with Crippen molar-refractivity contribution in [3.8, 4) is 43.4 Å². The average Bonchev–Trinajstić information content (AvgIpc) is 1.87. The molecule has 0 radical (unpaired) electrons. The Bertz CT molecular complexity index is 4000. The summed E-state index contributed by atoms with van der Waals surface area (Å²) in [5.74, 6) is -5.48. The Hall–Kier alpha value is -8.17. The number of methoxy groups -OCH3 is 1. The molecule has 2 aliphatic rings. The lowest BCUT2D eigenvalue weighted by atomic mass is 9.90. The Morgan fingerprint density at radius 2 is 1.45 bits per heavy atom. The maximum absolute atomic E-state index is 14.4. The first kappa shape index (κ1) is 65.8. The molecule has 0 aliphatic carbocycles. The second kappa shape index (κ2) is 29.4. The largest absolute Gasteiger partial charge is 0.481 e. The summed E-state index contributed by atoms with van der Waals surface area (Å²) in [6.45, 7) is 5.68. The van der Waals surface area contributed by atoms with Crippen LogP contribution in [-0.4, -0.2) is 143 Å². The number of nitrogens with one attached hydrogen (secondary N) is 4. The van der Waals surface area contributed by atoms with Gasteiger partial charge >= 0.3 is 18.0 Å². The zero-order valence-corrected chi connectivity index (χ0v) is 54.7. The van der Waals surface area contributed by atoms with Gasteiger partial charge in [-0.15, -0.1) is 68.0 Å². The molecule has 7 aromatic heterocycles. The number of thiazole rings is 6. The third kappa shape index (κ3) is 15.4. The van der Waals surface area contributed by atoms with Crippen LogP contribution < -0.4 is 26.2 Å². The number of pyridine rings is 1. The number of benzene rings is 1. The first-order chi connectivity index (χ1) is 43.8. The first-order valence-corrected chi connectivity index (χ1v) is 34.1. The molecular formula is C60H63N13O12S6. The molecule has 1 aromatic carbocycles. The number of Topliss-reactive ketones (excluding diaryl/α,β-unsaturated/α-hetero) is 1. The molecule has 1 saturated heterocycles. The quantitative estimate of drug-likeness (QED) is 0.0470. The van der Waals surface area contributed by atoms with E-state index in [9.17, 15) is 53.7 Å². The highest BCUT2D eigenvalue weighted by Gasteiger charge is 2.35. The van der Waals surface area contributed by atoms with E-state index in [4.69, 9.17) is 39.6 Å². The van der Waals surface area contributed by atoms with Gasteiger partial charge in [0.2, 0.25) is 11.8 Å². The number of carboxylic acid groups (broad SMARTS) is 2. The Morgan fingerprint density at radius 3 is 2.18 bits per heavy atom. The minimum absolute atomic E-state index is 0.00718. The van der Waals surface area contributed by atoms with E-state index in [0.717, 1.165) is 11.3 Å². The van der Waals surface area contributed by atoms with Gasteiger partial charge in [0.1, 0.15) is 77.2 Å². The third-order valence-corrected chi connectivity index (χ3v) is 21.0. The maximum atomic E-state index is 14.4. The molecule has 9 heterocycles. The van der Waals surface area contributed by atoms with Crippen molar-refractivity contribution in [2.45, 2.75) is 96.4 Å². The number of fused-ring (bicyclic) bond motifs is 14. The lowest BCUT2D eigenvalue weighted by molar-refractivity contribution is -0.143. The van der Waals surface area contributed by atoms with Crippen LogP contribution in [0, 0.1) is 18.8 Å². The number of rotatable bonds is 15. The number of ketones is 1. The minimum Gasteiger partial charge on any atom is -0.481 e. The van der Waals surface area contributed by atoms with Crippen molar-refractivity contribution in [3.63, 3.8) is 0 Å². The van der Waals surface area contributed by atoms with Gasteiger partial charge in [-0.25, -0.2) is 39.7 Å². The monoisotopic (exact) mass is 1350 g/mol. The standard InChI is InChI=1S/C60H63N13O12S6/c1-29(2)34-21-40(74)46-30(3)90-57(70-46)36(22-43(75)61-4)64-51(80)38-26-86-53(66-38)33-14-15-35(55-68-42(28-89-55)73(18-10-9-13-45(77)78)60(84)72-19-16-32(17-20-72)59(82)83)63-47(33)37-25-87-56(65-37)39-27-88-58(67-39)49(50(79)31-11-7-6-8-12-31)69-44(76)23-62-52(81)48-41(24-85-5)91-54(34)71-48/h6-8,11-12,14-15,25-29,32,34,36,49-50,79H,9-10,13,16-24H2,1-5H3,(H,61,75)(H,62,81)(H,64,80)(H,69,76)(H,77,78)(H,82,83)/t34-,36-,49-,50-/m0/s1. The number of aliphatic carboxylic acids is 2. The molecule has 0 unspecified atom stereocenters. The van der Waals surface area contributed by atoms with Gasteiger partial charge in [0, 0.05) is 84.5 Å². The van der Waals surface area contributed by atoms with Crippen molar-refractivity contribution in [1.29, 1.82) is 0 Å². The molecule has 6 amide bonds. The molecule has 4 atom stereocenters. The highest BCUT2D eigenvalue weighted by atomic mass is 32.1. The van der Waals surface area contributed by atoms with Crippen LogP contribution in [-0.2, 0) is 30.5 Å². The number of unbranched alkanes of at least 4 members (excludes halogenated alkanes) is 1. The molecule has 8 aromatic rings. The van der Waals surface area contributed by atoms with Gasteiger partial charge in [-0.3, -0.25) is 38.5 Å². The van der Waals surface area contributed by atoms with Gasteiger partial charge in [0.05, 0.1) is 47.1 Å². The SMILES string of the molecule is CNC(=O)C[C@@H]1NC(=O)c2csc(n2)-c2ccc(-c3nc(N(CCCCC(=O)O)C(=O)N4CCC(C(=O)O)CC4)cs3)nc2-c2csc(n2)-c2csc(n2)[C@H]([C@@H](O)c2ccccc2)NC(=O)CNC(=O)c2nc(sc2COC)[C@H](C(C)C)CC(=O)c2nc1sc2C. The number of likely N-dealkylation sites (tertiary alicyclic amines) is 1. The predicted octanol–water partition coefficient (Wildman–Crippen LogP) is 9.18. The molecular weight excluding hydrogens is 1290 g/mol. The van der Waals surface area contributed by atoms with E-state index in [-0.39, 0.29) is 93.2 Å². The van der Waals surface area contributed by atoms with Crippen molar-refractivity contribution in [2.75, 3.05) is 45.2 Å². The predicted molar refractivity (Wildman–Crippen MR) is 345 cm³/mol. The van der Waals surface area contributed by atoms with Crippen molar-refractivity contribution < 1.29 is 58.4 Å². The van der Waals surface area contributed by atoms with E-state index in [1.54, 1.807) is 75.8 Å². The summed E-state index contributed by atoms with van der Waals surface area (Å²) in [6.07, 6.45) is -0.468. The normalized spacial score (nSPS) is 17.2.